The van der Waals surface area contributed by atoms with E-state index in [4.69, 9.17) is 0 Å². The van der Waals surface area contributed by atoms with Gasteiger partial charge in [0.1, 0.15) is 5.84 Å². The van der Waals surface area contributed by atoms with Crippen molar-refractivity contribution in [3.05, 3.63) is 12.3 Å². The van der Waals surface area contributed by atoms with E-state index in [0.29, 0.717) is 0 Å². The van der Waals surface area contributed by atoms with Crippen LogP contribution in [0, 0.1) is 5.92 Å². The molecule has 1 atom stereocenters. The van der Waals surface area contributed by atoms with E-state index in [1.807, 2.05) is 6.20 Å². The van der Waals surface area contributed by atoms with E-state index < -0.39 is 0 Å². The zero-order chi connectivity index (χ0) is 8.10. The van der Waals surface area contributed by atoms with Crippen LogP contribution in [0.25, 0.3) is 0 Å². The van der Waals surface area contributed by atoms with Crippen LogP contribution in [0.15, 0.2) is 17.3 Å². The number of nitrogens with zero attached hydrogens (tertiary/aromatic N) is 1. The molecule has 11 heavy (non-hydrogen) atoms. The van der Waals surface area contributed by atoms with E-state index in [1.165, 1.54) is 0 Å². The maximum atomic E-state index is 4.35. The highest BCUT2D eigenvalue weighted by Crippen LogP contribution is 2.10. The summed E-state index contributed by atoms with van der Waals surface area (Å²) < 4.78 is 0. The van der Waals surface area contributed by atoms with Gasteiger partial charge in [-0.3, -0.25) is 4.99 Å². The first-order valence-corrected chi connectivity index (χ1v) is 4.27. The highest BCUT2D eigenvalue weighted by Gasteiger charge is 2.06. The second kappa shape index (κ2) is 4.16. The quantitative estimate of drug-likeness (QED) is 0.610. The van der Waals surface area contributed by atoms with Gasteiger partial charge in [0.15, 0.2) is 0 Å². The molecule has 0 aromatic rings. The van der Waals surface area contributed by atoms with E-state index >= 15 is 0 Å². The molecule has 0 amide bonds. The summed E-state index contributed by atoms with van der Waals surface area (Å²) in [5.41, 5.74) is 0. The Morgan fingerprint density at radius 3 is 3.27 bits per heavy atom. The lowest BCUT2D eigenvalue weighted by Gasteiger charge is -2.06. The molecule has 1 heterocycles. The Morgan fingerprint density at radius 2 is 2.55 bits per heavy atom. The Labute approximate surface area is 68.4 Å². The van der Waals surface area contributed by atoms with Crippen molar-refractivity contribution >= 4 is 5.84 Å². The Morgan fingerprint density at radius 1 is 1.73 bits per heavy atom. The molecule has 0 spiro atoms. The zero-order valence-corrected chi connectivity index (χ0v) is 7.30. The van der Waals surface area contributed by atoms with Gasteiger partial charge in [-0.05, 0) is 25.5 Å². The summed E-state index contributed by atoms with van der Waals surface area (Å²) in [6, 6.07) is 0. The van der Waals surface area contributed by atoms with Gasteiger partial charge >= 0.3 is 0 Å². The number of nitrogens with one attached hydrogen (secondary N) is 1. The standard InChI is InChI=1S/C9H16N2/c1-3-10-9-7-8(2)5-4-6-11-9/h4,6,8H,3,5,7H2,1-2H3,(H,10,11). The monoisotopic (exact) mass is 152 g/mol. The molecule has 1 aliphatic rings. The summed E-state index contributed by atoms with van der Waals surface area (Å²) in [4.78, 5) is 4.35. The molecule has 0 aromatic heterocycles. The minimum atomic E-state index is 0.728. The largest absolute Gasteiger partial charge is 0.351 e. The normalized spacial score (nSPS) is 28.2. The van der Waals surface area contributed by atoms with Gasteiger partial charge in [-0.2, -0.15) is 0 Å². The van der Waals surface area contributed by atoms with Crippen LogP contribution in [-0.2, 0) is 0 Å². The number of aliphatic imine (C=N–C) groups is 1. The SMILES string of the molecule is CCN=C1CC(C)CC=CN1. The fourth-order valence-electron chi connectivity index (χ4n) is 1.23. The van der Waals surface area contributed by atoms with Gasteiger partial charge in [-0.1, -0.05) is 13.0 Å². The van der Waals surface area contributed by atoms with Crippen molar-refractivity contribution in [2.45, 2.75) is 26.7 Å². The molecule has 2 heteroatoms. The lowest BCUT2D eigenvalue weighted by Crippen LogP contribution is -2.18. The van der Waals surface area contributed by atoms with Crippen molar-refractivity contribution in [3.63, 3.8) is 0 Å². The third-order valence-corrected chi connectivity index (χ3v) is 1.80. The van der Waals surface area contributed by atoms with Crippen LogP contribution >= 0.6 is 0 Å². The molecule has 0 saturated carbocycles. The topological polar surface area (TPSA) is 24.4 Å². The van der Waals surface area contributed by atoms with Gasteiger partial charge in [0.25, 0.3) is 0 Å². The van der Waals surface area contributed by atoms with Gasteiger partial charge in [-0.15, -0.1) is 0 Å². The lowest BCUT2D eigenvalue weighted by atomic mass is 10.0. The van der Waals surface area contributed by atoms with Crippen LogP contribution in [0.3, 0.4) is 0 Å². The molecule has 1 rings (SSSR count). The molecule has 0 fully saturated rings. The second-order valence-electron chi connectivity index (χ2n) is 3.01. The molecule has 0 bridgehead atoms. The van der Waals surface area contributed by atoms with Crippen LogP contribution in [0.5, 0.6) is 0 Å². The maximum absolute atomic E-state index is 4.35. The van der Waals surface area contributed by atoms with Crippen LogP contribution in [0.1, 0.15) is 26.7 Å². The van der Waals surface area contributed by atoms with Crippen molar-refractivity contribution in [2.24, 2.45) is 10.9 Å². The summed E-state index contributed by atoms with van der Waals surface area (Å²) in [6.45, 7) is 5.19. The van der Waals surface area contributed by atoms with Gasteiger partial charge in [-0.25, -0.2) is 0 Å². The first kappa shape index (κ1) is 8.31. The van der Waals surface area contributed by atoms with E-state index in [-0.39, 0.29) is 0 Å². The average Bonchev–Trinajstić information content (AvgIpc) is 2.15. The molecule has 1 N–H and O–H groups in total. The molecule has 0 saturated heterocycles. The van der Waals surface area contributed by atoms with Crippen LogP contribution in [0.4, 0.5) is 0 Å². The predicted molar refractivity (Wildman–Crippen MR) is 48.6 cm³/mol. The summed E-state index contributed by atoms with van der Waals surface area (Å²) in [5, 5.41) is 3.18. The third kappa shape index (κ3) is 2.74. The highest BCUT2D eigenvalue weighted by molar-refractivity contribution is 5.83. The van der Waals surface area contributed by atoms with Gasteiger partial charge in [0.05, 0.1) is 0 Å². The van der Waals surface area contributed by atoms with E-state index in [2.05, 4.69) is 30.2 Å². The molecule has 2 nitrogen and oxygen atoms in total. The number of rotatable bonds is 1. The van der Waals surface area contributed by atoms with Crippen molar-refractivity contribution in [2.75, 3.05) is 6.54 Å². The van der Waals surface area contributed by atoms with E-state index in [1.54, 1.807) is 0 Å². The van der Waals surface area contributed by atoms with Gasteiger partial charge < -0.3 is 5.32 Å². The van der Waals surface area contributed by atoms with Crippen molar-refractivity contribution < 1.29 is 0 Å². The maximum Gasteiger partial charge on any atom is 0.100 e. The number of amidine groups is 1. The Kier molecular flexibility index (Phi) is 3.14. The Hall–Kier alpha value is -0.790. The first-order chi connectivity index (χ1) is 5.33. The van der Waals surface area contributed by atoms with Gasteiger partial charge in [0, 0.05) is 13.0 Å². The fourth-order valence-corrected chi connectivity index (χ4v) is 1.23. The second-order valence-corrected chi connectivity index (χ2v) is 3.01. The molecule has 62 valence electrons. The van der Waals surface area contributed by atoms with Gasteiger partial charge in [0.2, 0.25) is 0 Å². The molecule has 0 aliphatic carbocycles. The minimum absolute atomic E-state index is 0.728. The minimum Gasteiger partial charge on any atom is -0.351 e. The molecular formula is C9H16N2. The van der Waals surface area contributed by atoms with Crippen molar-refractivity contribution in [1.82, 2.24) is 5.32 Å². The van der Waals surface area contributed by atoms with Crippen LogP contribution in [-0.4, -0.2) is 12.4 Å². The van der Waals surface area contributed by atoms with E-state index in [9.17, 15) is 0 Å². The summed E-state index contributed by atoms with van der Waals surface area (Å²) in [7, 11) is 0. The van der Waals surface area contributed by atoms with E-state index in [0.717, 1.165) is 31.1 Å². The summed E-state index contributed by atoms with van der Waals surface area (Å²) >= 11 is 0. The third-order valence-electron chi connectivity index (χ3n) is 1.80. The zero-order valence-electron chi connectivity index (χ0n) is 7.30. The van der Waals surface area contributed by atoms with Crippen LogP contribution < -0.4 is 5.32 Å². The van der Waals surface area contributed by atoms with Crippen molar-refractivity contribution in [3.8, 4) is 0 Å². The summed E-state index contributed by atoms with van der Waals surface area (Å²) in [5.74, 6) is 1.86. The molecule has 1 aliphatic heterocycles. The average molecular weight is 152 g/mol. The summed E-state index contributed by atoms with van der Waals surface area (Å²) in [6.07, 6.45) is 6.41. The Balaban J connectivity index is 2.54. The molecular weight excluding hydrogens is 136 g/mol. The predicted octanol–water partition coefficient (Wildman–Crippen LogP) is 1.94. The van der Waals surface area contributed by atoms with Crippen molar-refractivity contribution in [1.29, 1.82) is 0 Å². The van der Waals surface area contributed by atoms with Crippen LogP contribution in [0.2, 0.25) is 0 Å². The fraction of sp³-hybridized carbons (Fsp3) is 0.667. The number of hydrogen-bond acceptors (Lipinski definition) is 1. The highest BCUT2D eigenvalue weighted by atomic mass is 15.0. The number of hydrogen-bond donors (Lipinski definition) is 1. The first-order valence-electron chi connectivity index (χ1n) is 4.27. The Bertz CT molecular complexity index is 170. The number of allylic oxidation sites excluding steroid dienone is 1. The smallest absolute Gasteiger partial charge is 0.100 e. The molecule has 0 aromatic carbocycles. The molecule has 1 unspecified atom stereocenters. The molecule has 0 radical (unpaired) electrons. The lowest BCUT2D eigenvalue weighted by molar-refractivity contribution is 0.620.